The average molecular weight is 455 g/mol. The van der Waals surface area contributed by atoms with Crippen LogP contribution >= 0.6 is 11.6 Å². The average Bonchev–Trinajstić information content (AvgIpc) is 2.79. The number of halogens is 1. The Kier molecular flexibility index (Phi) is 7.20. The first-order valence-electron chi connectivity index (χ1n) is 10.9. The first kappa shape index (κ1) is 22.5. The van der Waals surface area contributed by atoms with Crippen LogP contribution in [0.4, 0.5) is 5.82 Å². The SMILES string of the molecule is C[C@@H]1CN(CC(=O)OCc2ccccc2)[C@@H](CC#N)CN1c1nc(Cl)nc2c1CCNC2. The maximum absolute atomic E-state index is 12.5. The summed E-state index contributed by atoms with van der Waals surface area (Å²) in [4.78, 5) is 25.7. The summed E-state index contributed by atoms with van der Waals surface area (Å²) in [7, 11) is 0. The molecule has 1 aromatic heterocycles. The van der Waals surface area contributed by atoms with Gasteiger partial charge in [-0.2, -0.15) is 5.26 Å². The Morgan fingerprint density at radius 3 is 2.91 bits per heavy atom. The maximum atomic E-state index is 12.5. The normalized spacial score (nSPS) is 21.0. The number of nitriles is 1. The van der Waals surface area contributed by atoms with Crippen LogP contribution in [0.5, 0.6) is 0 Å². The number of rotatable bonds is 6. The molecule has 2 aromatic rings. The molecule has 0 bridgehead atoms. The van der Waals surface area contributed by atoms with E-state index in [1.165, 1.54) is 0 Å². The zero-order chi connectivity index (χ0) is 22.5. The van der Waals surface area contributed by atoms with E-state index in [-0.39, 0.29) is 36.5 Å². The predicted octanol–water partition coefficient (Wildman–Crippen LogP) is 2.31. The number of ether oxygens (including phenoxy) is 1. The van der Waals surface area contributed by atoms with Crippen LogP contribution in [0.15, 0.2) is 30.3 Å². The summed E-state index contributed by atoms with van der Waals surface area (Å²) in [6, 6.07) is 11.9. The zero-order valence-corrected chi connectivity index (χ0v) is 18.9. The van der Waals surface area contributed by atoms with Gasteiger partial charge in [-0.15, -0.1) is 0 Å². The van der Waals surface area contributed by atoms with Crippen LogP contribution < -0.4 is 10.2 Å². The monoisotopic (exact) mass is 454 g/mol. The van der Waals surface area contributed by atoms with Gasteiger partial charge in [-0.3, -0.25) is 9.69 Å². The van der Waals surface area contributed by atoms with Crippen molar-refractivity contribution in [3.63, 3.8) is 0 Å². The summed E-state index contributed by atoms with van der Waals surface area (Å²) >= 11 is 6.23. The van der Waals surface area contributed by atoms with Gasteiger partial charge in [-0.1, -0.05) is 30.3 Å². The third kappa shape index (κ3) is 5.18. The predicted molar refractivity (Wildman–Crippen MR) is 121 cm³/mol. The Morgan fingerprint density at radius 1 is 1.31 bits per heavy atom. The van der Waals surface area contributed by atoms with Gasteiger partial charge in [0.05, 0.1) is 24.7 Å². The quantitative estimate of drug-likeness (QED) is 0.525. The van der Waals surface area contributed by atoms with Gasteiger partial charge < -0.3 is 15.0 Å². The third-order valence-electron chi connectivity index (χ3n) is 6.02. The van der Waals surface area contributed by atoms with Crippen LogP contribution in [-0.2, 0) is 29.1 Å². The minimum absolute atomic E-state index is 0.0943. The highest BCUT2D eigenvalue weighted by molar-refractivity contribution is 6.28. The standard InChI is InChI=1S/C23H27ClN6O2/c1-16-12-29(14-21(31)32-15-17-5-3-2-4-6-17)18(7-9-25)13-30(16)22-19-8-10-26-11-20(19)27-23(24)28-22/h2-6,16,18,26H,7-8,10-15H2,1H3/t16-,18+/m1/s1. The Balaban J connectivity index is 1.46. The van der Waals surface area contributed by atoms with Crippen molar-refractivity contribution in [1.82, 2.24) is 20.2 Å². The summed E-state index contributed by atoms with van der Waals surface area (Å²) in [5.41, 5.74) is 3.00. The minimum atomic E-state index is -0.286. The van der Waals surface area contributed by atoms with Gasteiger partial charge in [-0.25, -0.2) is 9.97 Å². The number of hydrogen-bond donors (Lipinski definition) is 1. The van der Waals surface area contributed by atoms with Crippen molar-refractivity contribution in [2.45, 2.75) is 45.0 Å². The van der Waals surface area contributed by atoms with Crippen LogP contribution in [0, 0.1) is 11.3 Å². The van der Waals surface area contributed by atoms with E-state index in [1.807, 2.05) is 30.3 Å². The van der Waals surface area contributed by atoms with E-state index in [4.69, 9.17) is 16.3 Å². The fourth-order valence-electron chi connectivity index (χ4n) is 4.39. The topological polar surface area (TPSA) is 94.4 Å². The van der Waals surface area contributed by atoms with Gasteiger partial charge in [0.15, 0.2) is 0 Å². The molecule has 1 saturated heterocycles. The van der Waals surface area contributed by atoms with E-state index in [2.05, 4.69) is 38.1 Å². The summed E-state index contributed by atoms with van der Waals surface area (Å²) < 4.78 is 5.47. The Bertz CT molecular complexity index is 996. The van der Waals surface area contributed by atoms with Gasteiger partial charge in [0.1, 0.15) is 12.4 Å². The molecule has 3 heterocycles. The smallest absolute Gasteiger partial charge is 0.320 e. The van der Waals surface area contributed by atoms with Gasteiger partial charge in [0, 0.05) is 37.3 Å². The molecular formula is C23H27ClN6O2. The van der Waals surface area contributed by atoms with Gasteiger partial charge in [-0.05, 0) is 37.1 Å². The molecule has 32 heavy (non-hydrogen) atoms. The molecule has 0 saturated carbocycles. The molecule has 2 aliphatic rings. The summed E-state index contributed by atoms with van der Waals surface area (Å²) in [6.07, 6.45) is 1.15. The number of nitrogens with one attached hydrogen (secondary N) is 1. The van der Waals surface area contributed by atoms with E-state index in [9.17, 15) is 10.1 Å². The van der Waals surface area contributed by atoms with Gasteiger partial charge in [0.2, 0.25) is 5.28 Å². The molecule has 9 heteroatoms. The molecule has 0 unspecified atom stereocenters. The van der Waals surface area contributed by atoms with Crippen molar-refractivity contribution >= 4 is 23.4 Å². The van der Waals surface area contributed by atoms with Gasteiger partial charge in [0.25, 0.3) is 0 Å². The van der Waals surface area contributed by atoms with E-state index < -0.39 is 0 Å². The lowest BCUT2D eigenvalue weighted by Gasteiger charge is -2.45. The van der Waals surface area contributed by atoms with Crippen molar-refractivity contribution in [2.75, 3.05) is 31.1 Å². The number of fused-ring (bicyclic) bond motifs is 1. The molecule has 0 radical (unpaired) electrons. The van der Waals surface area contributed by atoms with Crippen LogP contribution in [0.3, 0.4) is 0 Å². The van der Waals surface area contributed by atoms with E-state index >= 15 is 0 Å². The van der Waals surface area contributed by atoms with E-state index in [0.29, 0.717) is 26.1 Å². The number of nitrogens with zero attached hydrogens (tertiary/aromatic N) is 5. The second-order valence-corrected chi connectivity index (χ2v) is 8.60. The Hall–Kier alpha value is -2.73. The number of benzene rings is 1. The van der Waals surface area contributed by atoms with Crippen molar-refractivity contribution in [3.8, 4) is 6.07 Å². The number of hydrogen-bond acceptors (Lipinski definition) is 8. The maximum Gasteiger partial charge on any atom is 0.320 e. The molecule has 0 amide bonds. The minimum Gasteiger partial charge on any atom is -0.460 e. The first-order chi connectivity index (χ1) is 15.5. The Labute approximate surface area is 193 Å². The van der Waals surface area contributed by atoms with Crippen molar-refractivity contribution in [3.05, 3.63) is 52.4 Å². The van der Waals surface area contributed by atoms with Crippen LogP contribution in [0.1, 0.15) is 30.2 Å². The van der Waals surface area contributed by atoms with Crippen molar-refractivity contribution in [1.29, 1.82) is 5.26 Å². The highest BCUT2D eigenvalue weighted by atomic mass is 35.5. The van der Waals surface area contributed by atoms with Crippen molar-refractivity contribution in [2.24, 2.45) is 0 Å². The van der Waals surface area contributed by atoms with Crippen LogP contribution in [0.25, 0.3) is 0 Å². The Morgan fingerprint density at radius 2 is 2.12 bits per heavy atom. The van der Waals surface area contributed by atoms with Crippen LogP contribution in [-0.4, -0.2) is 59.1 Å². The molecule has 1 N–H and O–H groups in total. The lowest BCUT2D eigenvalue weighted by atomic mass is 10.0. The van der Waals surface area contributed by atoms with E-state index in [1.54, 1.807) is 0 Å². The molecule has 0 spiro atoms. The summed E-state index contributed by atoms with van der Waals surface area (Å²) in [5.74, 6) is 0.564. The summed E-state index contributed by atoms with van der Waals surface area (Å²) in [5, 5.41) is 13.0. The molecule has 0 aliphatic carbocycles. The summed E-state index contributed by atoms with van der Waals surface area (Å²) in [6.45, 7) is 5.27. The molecule has 1 fully saturated rings. The van der Waals surface area contributed by atoms with Crippen LogP contribution in [0.2, 0.25) is 5.28 Å². The highest BCUT2D eigenvalue weighted by Crippen LogP contribution is 2.30. The third-order valence-corrected chi connectivity index (χ3v) is 6.19. The largest absolute Gasteiger partial charge is 0.460 e. The molecule has 2 aliphatic heterocycles. The molecule has 1 aromatic carbocycles. The van der Waals surface area contributed by atoms with E-state index in [0.717, 1.165) is 35.6 Å². The molecule has 2 atom stereocenters. The fraction of sp³-hybridized carbons (Fsp3) is 0.478. The zero-order valence-electron chi connectivity index (χ0n) is 18.1. The fourth-order valence-corrected chi connectivity index (χ4v) is 4.58. The number of anilines is 1. The number of esters is 1. The van der Waals surface area contributed by atoms with Crippen molar-refractivity contribution < 1.29 is 9.53 Å². The van der Waals surface area contributed by atoms with Gasteiger partial charge >= 0.3 is 5.97 Å². The highest BCUT2D eigenvalue weighted by Gasteiger charge is 2.35. The number of carbonyl (C=O) groups excluding carboxylic acids is 1. The number of aromatic nitrogens is 2. The molecular weight excluding hydrogens is 428 g/mol. The number of carbonyl (C=O) groups is 1. The molecule has 8 nitrogen and oxygen atoms in total. The number of piperazine rings is 1. The molecule has 168 valence electrons. The first-order valence-corrected chi connectivity index (χ1v) is 11.3. The lowest BCUT2D eigenvalue weighted by Crippen LogP contribution is -2.59. The lowest BCUT2D eigenvalue weighted by molar-refractivity contribution is -0.147. The molecule has 4 rings (SSSR count). The second kappa shape index (κ2) is 10.3. The second-order valence-electron chi connectivity index (χ2n) is 8.26.